The Morgan fingerprint density at radius 1 is 1.46 bits per heavy atom. The van der Waals surface area contributed by atoms with Crippen molar-refractivity contribution in [2.24, 2.45) is 5.73 Å². The Hall–Kier alpha value is -1.15. The first-order chi connectivity index (χ1) is 6.16. The number of carbonyl (C=O) groups excluding carboxylic acids is 1. The van der Waals surface area contributed by atoms with E-state index in [1.807, 2.05) is 25.1 Å². The molecule has 2 nitrogen and oxygen atoms in total. The third kappa shape index (κ3) is 2.16. The molecular formula is C11H15NO. The highest BCUT2D eigenvalue weighted by molar-refractivity contribution is 5.95. The molecule has 2 N–H and O–H groups in total. The molecule has 0 aliphatic carbocycles. The predicted molar refractivity (Wildman–Crippen MR) is 53.9 cm³/mol. The molecule has 0 bridgehead atoms. The highest BCUT2D eigenvalue weighted by Crippen LogP contribution is 2.14. The van der Waals surface area contributed by atoms with Crippen molar-refractivity contribution in [3.63, 3.8) is 0 Å². The summed E-state index contributed by atoms with van der Waals surface area (Å²) in [6, 6.07) is 5.78. The van der Waals surface area contributed by atoms with Crippen molar-refractivity contribution in [1.82, 2.24) is 0 Å². The zero-order valence-corrected chi connectivity index (χ0v) is 8.13. The van der Waals surface area contributed by atoms with Crippen LogP contribution in [0.1, 0.15) is 28.4 Å². The fourth-order valence-electron chi connectivity index (χ4n) is 1.51. The number of hydrogen-bond acceptors (Lipinski definition) is 2. The highest BCUT2D eigenvalue weighted by Gasteiger charge is 2.07. The number of hydrogen-bond donors (Lipinski definition) is 1. The lowest BCUT2D eigenvalue weighted by Crippen LogP contribution is -2.09. The zero-order chi connectivity index (χ0) is 9.84. The van der Waals surface area contributed by atoms with Crippen LogP contribution in [0.4, 0.5) is 0 Å². The topological polar surface area (TPSA) is 43.1 Å². The molecule has 0 atom stereocenters. The molecule has 0 amide bonds. The van der Waals surface area contributed by atoms with Crippen LogP contribution in [0.15, 0.2) is 18.2 Å². The monoisotopic (exact) mass is 177 g/mol. The van der Waals surface area contributed by atoms with Gasteiger partial charge < -0.3 is 5.73 Å². The van der Waals surface area contributed by atoms with Gasteiger partial charge in [-0.15, -0.1) is 0 Å². The Balaban J connectivity index is 3.17. The first-order valence-corrected chi connectivity index (χ1v) is 4.46. The van der Waals surface area contributed by atoms with Crippen molar-refractivity contribution < 1.29 is 4.79 Å². The smallest absolute Gasteiger partial charge is 0.160 e. The second kappa shape index (κ2) is 4.19. The molecule has 0 aliphatic rings. The Bertz CT molecular complexity index is 318. The van der Waals surface area contributed by atoms with Crippen molar-refractivity contribution in [2.75, 3.05) is 6.54 Å². The van der Waals surface area contributed by atoms with Gasteiger partial charge >= 0.3 is 0 Å². The molecule has 0 radical (unpaired) electrons. The van der Waals surface area contributed by atoms with E-state index in [4.69, 9.17) is 5.73 Å². The van der Waals surface area contributed by atoms with Gasteiger partial charge in [-0.2, -0.15) is 0 Å². The van der Waals surface area contributed by atoms with Crippen molar-refractivity contribution in [2.45, 2.75) is 20.3 Å². The number of aryl methyl sites for hydroxylation is 1. The van der Waals surface area contributed by atoms with E-state index < -0.39 is 0 Å². The standard InChI is InChI=1S/C11H15NO/c1-8-4-3-5-11(9(2)13)10(8)6-7-12/h3-5H,6-7,12H2,1-2H3. The van der Waals surface area contributed by atoms with Gasteiger partial charge in [-0.1, -0.05) is 18.2 Å². The Kier molecular flexibility index (Phi) is 3.20. The van der Waals surface area contributed by atoms with E-state index in [1.165, 1.54) is 0 Å². The summed E-state index contributed by atoms with van der Waals surface area (Å²) in [5.74, 6) is 0.118. The maximum atomic E-state index is 11.3. The summed E-state index contributed by atoms with van der Waals surface area (Å²) < 4.78 is 0. The third-order valence-corrected chi connectivity index (χ3v) is 2.18. The first-order valence-electron chi connectivity index (χ1n) is 4.46. The van der Waals surface area contributed by atoms with Crippen LogP contribution in [0.3, 0.4) is 0 Å². The number of rotatable bonds is 3. The van der Waals surface area contributed by atoms with E-state index in [-0.39, 0.29) is 5.78 Å². The van der Waals surface area contributed by atoms with E-state index in [2.05, 4.69) is 0 Å². The van der Waals surface area contributed by atoms with Gasteiger partial charge in [-0.05, 0) is 37.9 Å². The van der Waals surface area contributed by atoms with Gasteiger partial charge in [-0.25, -0.2) is 0 Å². The predicted octanol–water partition coefficient (Wildman–Crippen LogP) is 1.70. The summed E-state index contributed by atoms with van der Waals surface area (Å²) >= 11 is 0. The number of ketones is 1. The van der Waals surface area contributed by atoms with Gasteiger partial charge in [0, 0.05) is 5.56 Å². The summed E-state index contributed by atoms with van der Waals surface area (Å²) in [5.41, 5.74) is 8.54. The van der Waals surface area contributed by atoms with Crippen molar-refractivity contribution in [1.29, 1.82) is 0 Å². The van der Waals surface area contributed by atoms with Gasteiger partial charge in [0.25, 0.3) is 0 Å². The van der Waals surface area contributed by atoms with Crippen molar-refractivity contribution in [3.8, 4) is 0 Å². The van der Waals surface area contributed by atoms with E-state index in [0.717, 1.165) is 23.1 Å². The molecular weight excluding hydrogens is 162 g/mol. The Morgan fingerprint density at radius 3 is 2.69 bits per heavy atom. The fraction of sp³-hybridized carbons (Fsp3) is 0.364. The van der Waals surface area contributed by atoms with Gasteiger partial charge in [0.1, 0.15) is 0 Å². The van der Waals surface area contributed by atoms with Gasteiger partial charge in [0.15, 0.2) is 5.78 Å². The van der Waals surface area contributed by atoms with Crippen LogP contribution in [0.5, 0.6) is 0 Å². The molecule has 0 unspecified atom stereocenters. The molecule has 0 saturated carbocycles. The van der Waals surface area contributed by atoms with Crippen LogP contribution >= 0.6 is 0 Å². The van der Waals surface area contributed by atoms with Crippen LogP contribution in [-0.2, 0) is 6.42 Å². The van der Waals surface area contributed by atoms with E-state index >= 15 is 0 Å². The normalized spacial score (nSPS) is 10.1. The molecule has 2 heteroatoms. The second-order valence-electron chi connectivity index (χ2n) is 3.20. The van der Waals surface area contributed by atoms with E-state index in [9.17, 15) is 4.79 Å². The number of Topliss-reactive ketones (excluding diaryl/α,β-unsaturated/α-hetero) is 1. The van der Waals surface area contributed by atoms with Crippen molar-refractivity contribution in [3.05, 3.63) is 34.9 Å². The van der Waals surface area contributed by atoms with Crippen LogP contribution in [0, 0.1) is 6.92 Å². The molecule has 70 valence electrons. The Labute approximate surface area is 78.8 Å². The molecule has 0 aromatic heterocycles. The van der Waals surface area contributed by atoms with E-state index in [1.54, 1.807) is 6.92 Å². The van der Waals surface area contributed by atoms with Crippen molar-refractivity contribution >= 4 is 5.78 Å². The summed E-state index contributed by atoms with van der Waals surface area (Å²) in [7, 11) is 0. The molecule has 0 spiro atoms. The minimum absolute atomic E-state index is 0.118. The SMILES string of the molecule is CC(=O)c1cccc(C)c1CCN. The van der Waals surface area contributed by atoms with E-state index in [0.29, 0.717) is 6.54 Å². The highest BCUT2D eigenvalue weighted by atomic mass is 16.1. The maximum Gasteiger partial charge on any atom is 0.160 e. The molecule has 1 aromatic carbocycles. The van der Waals surface area contributed by atoms with Gasteiger partial charge in [-0.3, -0.25) is 4.79 Å². The van der Waals surface area contributed by atoms with Crippen LogP contribution < -0.4 is 5.73 Å². The molecule has 1 aromatic rings. The Morgan fingerprint density at radius 2 is 2.15 bits per heavy atom. The quantitative estimate of drug-likeness (QED) is 0.714. The average molecular weight is 177 g/mol. The first kappa shape index (κ1) is 9.93. The number of benzene rings is 1. The van der Waals surface area contributed by atoms with Gasteiger partial charge in [0.2, 0.25) is 0 Å². The molecule has 0 saturated heterocycles. The lowest BCUT2D eigenvalue weighted by molar-refractivity contribution is 0.101. The molecule has 13 heavy (non-hydrogen) atoms. The largest absolute Gasteiger partial charge is 0.330 e. The van der Waals surface area contributed by atoms with Crippen LogP contribution in [0.25, 0.3) is 0 Å². The summed E-state index contributed by atoms with van der Waals surface area (Å²) in [6.45, 7) is 4.19. The lowest BCUT2D eigenvalue weighted by atomic mass is 9.97. The van der Waals surface area contributed by atoms with Crippen LogP contribution in [0.2, 0.25) is 0 Å². The minimum Gasteiger partial charge on any atom is -0.330 e. The second-order valence-corrected chi connectivity index (χ2v) is 3.20. The molecule has 0 aliphatic heterocycles. The lowest BCUT2D eigenvalue weighted by Gasteiger charge is -2.08. The van der Waals surface area contributed by atoms with Crippen LogP contribution in [-0.4, -0.2) is 12.3 Å². The number of carbonyl (C=O) groups is 1. The molecule has 0 heterocycles. The summed E-state index contributed by atoms with van der Waals surface area (Å²) in [6.07, 6.45) is 0.779. The third-order valence-electron chi connectivity index (χ3n) is 2.18. The summed E-state index contributed by atoms with van der Waals surface area (Å²) in [5, 5.41) is 0. The van der Waals surface area contributed by atoms with Gasteiger partial charge in [0.05, 0.1) is 0 Å². The summed E-state index contributed by atoms with van der Waals surface area (Å²) in [4.78, 5) is 11.3. The molecule has 0 fully saturated rings. The zero-order valence-electron chi connectivity index (χ0n) is 8.13. The maximum absolute atomic E-state index is 11.3. The number of nitrogens with two attached hydrogens (primary N) is 1. The molecule has 1 rings (SSSR count). The minimum atomic E-state index is 0.118. The fourth-order valence-corrected chi connectivity index (χ4v) is 1.51. The average Bonchev–Trinajstić information content (AvgIpc) is 2.08.